The van der Waals surface area contributed by atoms with Crippen molar-refractivity contribution in [3.8, 4) is 0 Å². The fourth-order valence-electron chi connectivity index (χ4n) is 5.08. The lowest BCUT2D eigenvalue weighted by atomic mass is 9.97. The van der Waals surface area contributed by atoms with Gasteiger partial charge in [-0.15, -0.1) is 0 Å². The third-order valence-electron chi connectivity index (χ3n) is 7.90. The first-order valence-electron chi connectivity index (χ1n) is 16.8. The van der Waals surface area contributed by atoms with Crippen LogP contribution in [-0.4, -0.2) is 129 Å². The summed E-state index contributed by atoms with van der Waals surface area (Å²) in [5, 5.41) is 73.3. The molecule has 0 saturated carbocycles. The van der Waals surface area contributed by atoms with E-state index >= 15 is 0 Å². The number of nitrogens with one attached hydrogen (secondary N) is 1. The molecule has 0 aromatic carbocycles. The maximum Gasteiger partial charge on any atom is 0.220 e. The van der Waals surface area contributed by atoms with Gasteiger partial charge in [-0.1, -0.05) is 68.4 Å². The number of hydrogen-bond donors (Lipinski definition) is 8. The van der Waals surface area contributed by atoms with Gasteiger partial charge < -0.3 is 60.0 Å². The molecular weight excluding hydrogens is 614 g/mol. The number of hydrogen-bond acceptors (Lipinski definition) is 12. The van der Waals surface area contributed by atoms with Crippen LogP contribution in [0, 0.1) is 0 Å². The minimum absolute atomic E-state index is 0.0638. The number of aliphatic hydroxyl groups excluding tert-OH is 7. The van der Waals surface area contributed by atoms with E-state index < -0.39 is 74.6 Å². The zero-order chi connectivity index (χ0) is 34.4. The van der Waals surface area contributed by atoms with Crippen LogP contribution in [-0.2, 0) is 23.7 Å². The summed E-state index contributed by atoms with van der Waals surface area (Å²) in [4.78, 5) is 12.2. The maximum absolute atomic E-state index is 12.2. The van der Waals surface area contributed by atoms with Crippen LogP contribution in [0.2, 0.25) is 0 Å². The van der Waals surface area contributed by atoms with Gasteiger partial charge in [0, 0.05) is 13.0 Å². The van der Waals surface area contributed by atoms with Gasteiger partial charge in [0.2, 0.25) is 5.91 Å². The standard InChI is InChI=1S/C34H57NO12/c1-2-3-4-5-6-7-8-9-10-11-12-13-14-15-16-17-18-19-26(38)35-20-21-44-33-31(43)32(28(40)25(23-37)45-33)47-34-30(42)29(41)27(39)24(22-36)46-34/h6-7,9-10,12-13,15-16,24-25,27-34,36-37,39-43H,2-5,8,11,14,17-23H2,1H3,(H,35,38)/b7-6-,10-9-,13-12-,16-15-/t24-,25-,27-,28-,29+,30-,31-,32+,33-,34+/m1/s1. The molecular formula is C34H57NO12. The van der Waals surface area contributed by atoms with E-state index in [0.29, 0.717) is 12.8 Å². The molecule has 270 valence electrons. The van der Waals surface area contributed by atoms with E-state index in [1.54, 1.807) is 0 Å². The zero-order valence-corrected chi connectivity index (χ0v) is 27.5. The Bertz CT molecular complexity index is 957. The minimum Gasteiger partial charge on any atom is -0.394 e. The Kier molecular flexibility index (Phi) is 21.2. The molecule has 2 aliphatic heterocycles. The Balaban J connectivity index is 1.62. The smallest absolute Gasteiger partial charge is 0.220 e. The second kappa shape index (κ2) is 24.2. The van der Waals surface area contributed by atoms with Crippen LogP contribution in [0.4, 0.5) is 0 Å². The largest absolute Gasteiger partial charge is 0.394 e. The number of unbranched alkanes of at least 4 members (excludes halogenated alkanes) is 4. The summed E-state index contributed by atoms with van der Waals surface area (Å²) in [6.45, 7) is 0.916. The van der Waals surface area contributed by atoms with Crippen molar-refractivity contribution < 1.29 is 59.5 Å². The number of aliphatic hydroxyl groups is 7. The second-order valence-corrected chi connectivity index (χ2v) is 11.7. The first kappa shape index (κ1) is 41.2. The third kappa shape index (κ3) is 15.0. The van der Waals surface area contributed by atoms with E-state index in [2.05, 4.69) is 60.8 Å². The normalized spacial score (nSPS) is 31.9. The number of allylic oxidation sites excluding steroid dienone is 8. The lowest BCUT2D eigenvalue weighted by molar-refractivity contribution is -0.360. The van der Waals surface area contributed by atoms with Crippen LogP contribution in [0.5, 0.6) is 0 Å². The van der Waals surface area contributed by atoms with Crippen molar-refractivity contribution in [2.75, 3.05) is 26.4 Å². The predicted molar refractivity (Wildman–Crippen MR) is 174 cm³/mol. The Labute approximate surface area is 278 Å². The van der Waals surface area contributed by atoms with E-state index in [9.17, 15) is 40.5 Å². The average Bonchev–Trinajstić information content (AvgIpc) is 3.07. The molecule has 0 spiro atoms. The minimum atomic E-state index is -1.76. The summed E-state index contributed by atoms with van der Waals surface area (Å²) >= 11 is 0. The maximum atomic E-state index is 12.2. The van der Waals surface area contributed by atoms with Crippen LogP contribution < -0.4 is 5.32 Å². The number of carbonyl (C=O) groups excluding carboxylic acids is 1. The molecule has 10 atom stereocenters. The highest BCUT2D eigenvalue weighted by Crippen LogP contribution is 2.29. The third-order valence-corrected chi connectivity index (χ3v) is 7.90. The average molecular weight is 672 g/mol. The summed E-state index contributed by atoms with van der Waals surface area (Å²) in [5.74, 6) is -0.165. The topological polar surface area (TPSA) is 208 Å². The van der Waals surface area contributed by atoms with Crippen molar-refractivity contribution in [3.05, 3.63) is 48.6 Å². The highest BCUT2D eigenvalue weighted by atomic mass is 16.7. The predicted octanol–water partition coefficient (Wildman–Crippen LogP) is 0.889. The van der Waals surface area contributed by atoms with Crippen molar-refractivity contribution in [3.63, 3.8) is 0 Å². The fraction of sp³-hybridized carbons (Fsp3) is 0.735. The van der Waals surface area contributed by atoms with Gasteiger partial charge in [0.25, 0.3) is 0 Å². The lowest BCUT2D eigenvalue weighted by Gasteiger charge is -2.45. The molecule has 0 bridgehead atoms. The Morgan fingerprint density at radius 1 is 0.681 bits per heavy atom. The molecule has 47 heavy (non-hydrogen) atoms. The van der Waals surface area contributed by atoms with Crippen LogP contribution in [0.3, 0.4) is 0 Å². The molecule has 2 rings (SSSR count). The van der Waals surface area contributed by atoms with Crippen molar-refractivity contribution in [1.82, 2.24) is 5.32 Å². The van der Waals surface area contributed by atoms with Crippen molar-refractivity contribution in [1.29, 1.82) is 0 Å². The molecule has 0 unspecified atom stereocenters. The molecule has 13 heteroatoms. The molecule has 2 fully saturated rings. The van der Waals surface area contributed by atoms with Gasteiger partial charge in [-0.05, 0) is 44.9 Å². The molecule has 0 aliphatic carbocycles. The monoisotopic (exact) mass is 671 g/mol. The van der Waals surface area contributed by atoms with Gasteiger partial charge in [0.05, 0.1) is 19.8 Å². The fourth-order valence-corrected chi connectivity index (χ4v) is 5.08. The zero-order valence-electron chi connectivity index (χ0n) is 27.5. The summed E-state index contributed by atoms with van der Waals surface area (Å²) < 4.78 is 21.8. The Morgan fingerprint density at radius 2 is 1.23 bits per heavy atom. The molecule has 13 nitrogen and oxygen atoms in total. The molecule has 2 saturated heterocycles. The number of carbonyl (C=O) groups is 1. The van der Waals surface area contributed by atoms with Crippen molar-refractivity contribution >= 4 is 5.91 Å². The first-order valence-corrected chi connectivity index (χ1v) is 16.8. The van der Waals surface area contributed by atoms with Gasteiger partial charge in [-0.2, -0.15) is 0 Å². The molecule has 0 aromatic heterocycles. The highest BCUT2D eigenvalue weighted by Gasteiger charge is 2.50. The SMILES string of the molecule is CCCCC/C=C\C/C=C\C/C=C\C/C=C\CCCC(=O)NCCO[C@@H]1O[C@H](CO)[C@@H](O)[C@H](O[C@@H]2O[C@H](CO)[C@@H](O)[C@H](O)[C@H]2O)[C@H]1O. The van der Waals surface area contributed by atoms with Gasteiger partial charge in [0.1, 0.15) is 48.8 Å². The lowest BCUT2D eigenvalue weighted by Crippen LogP contribution is -2.64. The van der Waals surface area contributed by atoms with Crippen LogP contribution in [0.15, 0.2) is 48.6 Å². The first-order chi connectivity index (χ1) is 22.7. The summed E-state index contributed by atoms with van der Waals surface area (Å²) in [7, 11) is 0. The van der Waals surface area contributed by atoms with Crippen molar-refractivity contribution in [2.24, 2.45) is 0 Å². The second-order valence-electron chi connectivity index (χ2n) is 11.7. The van der Waals surface area contributed by atoms with Crippen LogP contribution in [0.25, 0.3) is 0 Å². The van der Waals surface area contributed by atoms with E-state index in [4.69, 9.17) is 18.9 Å². The molecule has 2 heterocycles. The number of rotatable bonds is 22. The molecule has 0 radical (unpaired) electrons. The molecule has 8 N–H and O–H groups in total. The van der Waals surface area contributed by atoms with Crippen molar-refractivity contribution in [2.45, 2.75) is 133 Å². The van der Waals surface area contributed by atoms with E-state index in [0.717, 1.165) is 32.1 Å². The number of amides is 1. The van der Waals surface area contributed by atoms with E-state index in [-0.39, 0.29) is 19.1 Å². The highest BCUT2D eigenvalue weighted by molar-refractivity contribution is 5.75. The van der Waals surface area contributed by atoms with Crippen LogP contribution >= 0.6 is 0 Å². The summed E-state index contributed by atoms with van der Waals surface area (Å²) in [6.07, 6.45) is 11.4. The Morgan fingerprint density at radius 3 is 1.83 bits per heavy atom. The summed E-state index contributed by atoms with van der Waals surface area (Å²) in [5.41, 5.74) is 0. The van der Waals surface area contributed by atoms with Gasteiger partial charge in [0.15, 0.2) is 12.6 Å². The molecule has 1 amide bonds. The van der Waals surface area contributed by atoms with E-state index in [1.807, 2.05) is 0 Å². The number of ether oxygens (including phenoxy) is 4. The van der Waals surface area contributed by atoms with Gasteiger partial charge in [-0.3, -0.25) is 4.79 Å². The van der Waals surface area contributed by atoms with E-state index in [1.165, 1.54) is 19.3 Å². The summed E-state index contributed by atoms with van der Waals surface area (Å²) in [6, 6.07) is 0. The molecule has 0 aromatic rings. The van der Waals surface area contributed by atoms with Gasteiger partial charge in [-0.25, -0.2) is 0 Å². The Hall–Kier alpha value is -2.01. The quantitative estimate of drug-likeness (QED) is 0.0597. The van der Waals surface area contributed by atoms with Crippen LogP contribution in [0.1, 0.15) is 71.1 Å². The molecule has 2 aliphatic rings. The van der Waals surface area contributed by atoms with Gasteiger partial charge >= 0.3 is 0 Å².